The minimum Gasteiger partial charge on any atom is -0.481 e. The summed E-state index contributed by atoms with van der Waals surface area (Å²) in [5.41, 5.74) is 3.13. The lowest BCUT2D eigenvalue weighted by Crippen LogP contribution is -2.34. The molecule has 0 unspecified atom stereocenters. The molecule has 2 aromatic carbocycles. The van der Waals surface area contributed by atoms with Crippen molar-refractivity contribution in [2.24, 2.45) is 5.92 Å². The highest BCUT2D eigenvalue weighted by molar-refractivity contribution is 5.97. The maximum absolute atomic E-state index is 12.4. The molecule has 0 bridgehead atoms. The standard InChI is InChI=1S/C21H23N3O4/c1-14-3-2-4-15(11-14)12-17(20(26)27)13-23-19(25)16-5-7-18(8-6-16)24-10-9-22-21(24)28/h2-8,11,17H,9-10,12-13H2,1H3,(H,22,28)(H,23,25)(H,26,27)/t17-/m1/s1. The molecule has 0 saturated carbocycles. The number of carbonyl (C=O) groups excluding carboxylic acids is 2. The number of carbonyl (C=O) groups is 3. The van der Waals surface area contributed by atoms with E-state index in [4.69, 9.17) is 0 Å². The average Bonchev–Trinajstić information content (AvgIpc) is 3.10. The first-order valence-electron chi connectivity index (χ1n) is 9.16. The summed E-state index contributed by atoms with van der Waals surface area (Å²) in [6.07, 6.45) is 0.348. The molecule has 2 aromatic rings. The first-order chi connectivity index (χ1) is 13.4. The number of amides is 3. The SMILES string of the molecule is Cc1cccc(C[C@H](CNC(=O)c2ccc(N3CCNC3=O)cc2)C(=O)O)c1. The van der Waals surface area contributed by atoms with Crippen molar-refractivity contribution in [1.29, 1.82) is 0 Å². The third kappa shape index (κ3) is 4.68. The number of benzene rings is 2. The second-order valence-corrected chi connectivity index (χ2v) is 6.87. The normalized spacial score (nSPS) is 14.5. The van der Waals surface area contributed by atoms with E-state index >= 15 is 0 Å². The summed E-state index contributed by atoms with van der Waals surface area (Å²) in [4.78, 5) is 37.2. The summed E-state index contributed by atoms with van der Waals surface area (Å²) in [5.74, 6) is -2.00. The van der Waals surface area contributed by atoms with Gasteiger partial charge in [-0.15, -0.1) is 0 Å². The Bertz CT molecular complexity index is 879. The zero-order valence-electron chi connectivity index (χ0n) is 15.6. The quantitative estimate of drug-likeness (QED) is 0.685. The number of anilines is 1. The number of hydrogen-bond donors (Lipinski definition) is 3. The van der Waals surface area contributed by atoms with Crippen LogP contribution in [0.2, 0.25) is 0 Å². The lowest BCUT2D eigenvalue weighted by atomic mass is 9.98. The van der Waals surface area contributed by atoms with Gasteiger partial charge in [0.25, 0.3) is 5.91 Å². The third-order valence-corrected chi connectivity index (χ3v) is 4.72. The number of carboxylic acid groups (broad SMARTS) is 1. The van der Waals surface area contributed by atoms with Crippen LogP contribution in [0, 0.1) is 12.8 Å². The van der Waals surface area contributed by atoms with Crippen molar-refractivity contribution in [3.63, 3.8) is 0 Å². The molecule has 1 heterocycles. The molecule has 7 nitrogen and oxygen atoms in total. The summed E-state index contributed by atoms with van der Waals surface area (Å²) < 4.78 is 0. The second kappa shape index (κ2) is 8.56. The van der Waals surface area contributed by atoms with Gasteiger partial charge < -0.3 is 15.7 Å². The summed E-state index contributed by atoms with van der Waals surface area (Å²) in [6, 6.07) is 14.2. The van der Waals surface area contributed by atoms with E-state index in [1.165, 1.54) is 0 Å². The molecule has 0 aliphatic carbocycles. The van der Waals surface area contributed by atoms with Crippen molar-refractivity contribution >= 4 is 23.6 Å². The van der Waals surface area contributed by atoms with Gasteiger partial charge in [-0.2, -0.15) is 0 Å². The maximum atomic E-state index is 12.4. The molecule has 1 atom stereocenters. The largest absolute Gasteiger partial charge is 0.481 e. The van der Waals surface area contributed by atoms with Gasteiger partial charge in [0.2, 0.25) is 0 Å². The maximum Gasteiger partial charge on any atom is 0.321 e. The monoisotopic (exact) mass is 381 g/mol. The summed E-state index contributed by atoms with van der Waals surface area (Å²) in [5, 5.41) is 14.9. The minimum atomic E-state index is -0.947. The number of hydrogen-bond acceptors (Lipinski definition) is 3. The van der Waals surface area contributed by atoms with Gasteiger partial charge in [0, 0.05) is 30.9 Å². The molecule has 28 heavy (non-hydrogen) atoms. The van der Waals surface area contributed by atoms with E-state index in [0.29, 0.717) is 25.1 Å². The van der Waals surface area contributed by atoms with E-state index in [2.05, 4.69) is 10.6 Å². The highest BCUT2D eigenvalue weighted by Crippen LogP contribution is 2.17. The van der Waals surface area contributed by atoms with E-state index in [-0.39, 0.29) is 18.5 Å². The number of nitrogens with one attached hydrogen (secondary N) is 2. The molecule has 146 valence electrons. The lowest BCUT2D eigenvalue weighted by Gasteiger charge is -2.16. The zero-order chi connectivity index (χ0) is 20.1. The second-order valence-electron chi connectivity index (χ2n) is 6.87. The molecular weight excluding hydrogens is 358 g/mol. The molecule has 0 spiro atoms. The molecule has 1 saturated heterocycles. The van der Waals surface area contributed by atoms with Crippen molar-refractivity contribution < 1.29 is 19.5 Å². The Kier molecular flexibility index (Phi) is 5.93. The lowest BCUT2D eigenvalue weighted by molar-refractivity contribution is -0.141. The topological polar surface area (TPSA) is 98.7 Å². The number of aryl methyl sites for hydroxylation is 1. The van der Waals surface area contributed by atoms with Crippen molar-refractivity contribution in [2.45, 2.75) is 13.3 Å². The smallest absolute Gasteiger partial charge is 0.321 e. The number of rotatable bonds is 7. The predicted octanol–water partition coefficient (Wildman–Crippen LogP) is 2.20. The molecule has 0 aromatic heterocycles. The molecule has 7 heteroatoms. The van der Waals surface area contributed by atoms with Gasteiger partial charge in [-0.05, 0) is 43.2 Å². The van der Waals surface area contributed by atoms with Crippen LogP contribution in [-0.4, -0.2) is 42.6 Å². The first-order valence-corrected chi connectivity index (χ1v) is 9.16. The van der Waals surface area contributed by atoms with Crippen LogP contribution < -0.4 is 15.5 Å². The van der Waals surface area contributed by atoms with Crippen molar-refractivity contribution in [3.8, 4) is 0 Å². The Morgan fingerprint density at radius 3 is 2.57 bits per heavy atom. The minimum absolute atomic E-state index is 0.0401. The molecule has 3 rings (SSSR count). The third-order valence-electron chi connectivity index (χ3n) is 4.72. The molecule has 3 N–H and O–H groups in total. The van der Waals surface area contributed by atoms with Crippen molar-refractivity contribution in [1.82, 2.24) is 10.6 Å². The Hall–Kier alpha value is -3.35. The van der Waals surface area contributed by atoms with E-state index in [1.54, 1.807) is 29.2 Å². The van der Waals surface area contributed by atoms with Crippen molar-refractivity contribution in [3.05, 3.63) is 65.2 Å². The van der Waals surface area contributed by atoms with E-state index in [9.17, 15) is 19.5 Å². The Morgan fingerprint density at radius 1 is 1.21 bits per heavy atom. The highest BCUT2D eigenvalue weighted by atomic mass is 16.4. The summed E-state index contributed by atoms with van der Waals surface area (Å²) in [7, 11) is 0. The average molecular weight is 381 g/mol. The van der Waals surface area contributed by atoms with Crippen LogP contribution in [0.15, 0.2) is 48.5 Å². The number of nitrogens with zero attached hydrogens (tertiary/aromatic N) is 1. The fourth-order valence-electron chi connectivity index (χ4n) is 3.20. The van der Waals surface area contributed by atoms with Gasteiger partial charge in [0.05, 0.1) is 5.92 Å². The summed E-state index contributed by atoms with van der Waals surface area (Å²) >= 11 is 0. The summed E-state index contributed by atoms with van der Waals surface area (Å²) in [6.45, 7) is 3.18. The first kappa shape index (κ1) is 19.4. The van der Waals surface area contributed by atoms with E-state index in [0.717, 1.165) is 16.8 Å². The number of carboxylic acids is 1. The van der Waals surface area contributed by atoms with Crippen LogP contribution in [0.1, 0.15) is 21.5 Å². The number of urea groups is 1. The van der Waals surface area contributed by atoms with Crippen LogP contribution in [0.3, 0.4) is 0 Å². The molecule has 3 amide bonds. The Labute approximate surface area is 163 Å². The molecule has 1 aliphatic rings. The van der Waals surface area contributed by atoms with Gasteiger partial charge in [-0.1, -0.05) is 29.8 Å². The van der Waals surface area contributed by atoms with Gasteiger partial charge in [0.15, 0.2) is 0 Å². The van der Waals surface area contributed by atoms with Gasteiger partial charge >= 0.3 is 12.0 Å². The fourth-order valence-corrected chi connectivity index (χ4v) is 3.20. The van der Waals surface area contributed by atoms with Gasteiger partial charge in [-0.25, -0.2) is 4.79 Å². The van der Waals surface area contributed by atoms with Crippen LogP contribution in [0.4, 0.5) is 10.5 Å². The predicted molar refractivity (Wildman–Crippen MR) is 106 cm³/mol. The molecule has 1 fully saturated rings. The number of aliphatic carboxylic acids is 1. The Morgan fingerprint density at radius 2 is 1.96 bits per heavy atom. The van der Waals surface area contributed by atoms with Crippen LogP contribution in [-0.2, 0) is 11.2 Å². The van der Waals surface area contributed by atoms with Gasteiger partial charge in [-0.3, -0.25) is 14.5 Å². The Balaban J connectivity index is 1.59. The molecule has 1 aliphatic heterocycles. The van der Waals surface area contributed by atoms with Crippen LogP contribution in [0.5, 0.6) is 0 Å². The van der Waals surface area contributed by atoms with E-state index in [1.807, 2.05) is 31.2 Å². The van der Waals surface area contributed by atoms with E-state index < -0.39 is 11.9 Å². The van der Waals surface area contributed by atoms with Crippen molar-refractivity contribution in [2.75, 3.05) is 24.5 Å². The molecule has 0 radical (unpaired) electrons. The molecular formula is C21H23N3O4. The fraction of sp³-hybridized carbons (Fsp3) is 0.286. The van der Waals surface area contributed by atoms with Crippen LogP contribution in [0.25, 0.3) is 0 Å². The van der Waals surface area contributed by atoms with Gasteiger partial charge in [0.1, 0.15) is 0 Å². The zero-order valence-corrected chi connectivity index (χ0v) is 15.6. The highest BCUT2D eigenvalue weighted by Gasteiger charge is 2.22. The van der Waals surface area contributed by atoms with Crippen LogP contribution >= 0.6 is 0 Å².